The smallest absolute Gasteiger partial charge is 0.128 e. The molecule has 1 aromatic heterocycles. The molecule has 14 heavy (non-hydrogen) atoms. The standard InChI is InChI=1S/C10H13BrN2O/c11-9-2-3-10(12-8-9)13-4-1-6-14-7-5-13/h2-3,8H,1,4-7H2. The largest absolute Gasteiger partial charge is 0.380 e. The van der Waals surface area contributed by atoms with Crippen molar-refractivity contribution in [3.63, 3.8) is 0 Å². The number of rotatable bonds is 1. The number of hydrogen-bond donors (Lipinski definition) is 0. The maximum atomic E-state index is 5.39. The van der Waals surface area contributed by atoms with Gasteiger partial charge in [0.2, 0.25) is 0 Å². The summed E-state index contributed by atoms with van der Waals surface area (Å²) in [5.74, 6) is 1.04. The van der Waals surface area contributed by atoms with Crippen LogP contribution in [-0.4, -0.2) is 31.3 Å². The Bertz CT molecular complexity index is 281. The number of aromatic nitrogens is 1. The molecule has 0 radical (unpaired) electrons. The van der Waals surface area contributed by atoms with Crippen LogP contribution in [0.3, 0.4) is 0 Å². The Balaban J connectivity index is 2.08. The second-order valence-corrected chi connectivity index (χ2v) is 4.20. The second-order valence-electron chi connectivity index (χ2n) is 3.29. The molecule has 0 saturated carbocycles. The van der Waals surface area contributed by atoms with Crippen molar-refractivity contribution in [1.29, 1.82) is 0 Å². The first-order valence-electron chi connectivity index (χ1n) is 4.80. The van der Waals surface area contributed by atoms with Crippen LogP contribution in [0.1, 0.15) is 6.42 Å². The molecular weight excluding hydrogens is 244 g/mol. The molecule has 3 nitrogen and oxygen atoms in total. The average molecular weight is 257 g/mol. The zero-order chi connectivity index (χ0) is 9.80. The highest BCUT2D eigenvalue weighted by molar-refractivity contribution is 9.10. The first-order valence-corrected chi connectivity index (χ1v) is 5.60. The fraction of sp³-hybridized carbons (Fsp3) is 0.500. The zero-order valence-electron chi connectivity index (χ0n) is 7.95. The van der Waals surface area contributed by atoms with Crippen molar-refractivity contribution in [2.45, 2.75) is 6.42 Å². The van der Waals surface area contributed by atoms with Gasteiger partial charge in [0.15, 0.2) is 0 Å². The van der Waals surface area contributed by atoms with Crippen LogP contribution in [0, 0.1) is 0 Å². The monoisotopic (exact) mass is 256 g/mol. The predicted octanol–water partition coefficient (Wildman–Crippen LogP) is 2.07. The molecule has 0 atom stereocenters. The molecular formula is C10H13BrN2O. The van der Waals surface area contributed by atoms with E-state index in [2.05, 4.69) is 25.8 Å². The van der Waals surface area contributed by atoms with Crippen LogP contribution >= 0.6 is 15.9 Å². The van der Waals surface area contributed by atoms with E-state index in [9.17, 15) is 0 Å². The Morgan fingerprint density at radius 3 is 3.00 bits per heavy atom. The van der Waals surface area contributed by atoms with Gasteiger partial charge in [-0.25, -0.2) is 4.98 Å². The molecule has 1 aromatic rings. The molecule has 0 aliphatic carbocycles. The van der Waals surface area contributed by atoms with E-state index < -0.39 is 0 Å². The van der Waals surface area contributed by atoms with E-state index in [1.807, 2.05) is 18.3 Å². The van der Waals surface area contributed by atoms with E-state index in [1.165, 1.54) is 0 Å². The Labute approximate surface area is 92.2 Å². The highest BCUT2D eigenvalue weighted by atomic mass is 79.9. The molecule has 2 heterocycles. The molecule has 0 N–H and O–H groups in total. The van der Waals surface area contributed by atoms with Crippen molar-refractivity contribution in [2.75, 3.05) is 31.2 Å². The topological polar surface area (TPSA) is 25.4 Å². The minimum Gasteiger partial charge on any atom is -0.380 e. The van der Waals surface area contributed by atoms with Gasteiger partial charge in [0.1, 0.15) is 5.82 Å². The van der Waals surface area contributed by atoms with Gasteiger partial charge in [-0.2, -0.15) is 0 Å². The zero-order valence-corrected chi connectivity index (χ0v) is 9.53. The molecule has 2 rings (SSSR count). The summed E-state index contributed by atoms with van der Waals surface area (Å²) < 4.78 is 6.41. The van der Waals surface area contributed by atoms with Crippen LogP contribution in [0.5, 0.6) is 0 Å². The summed E-state index contributed by atoms with van der Waals surface area (Å²) in [6.45, 7) is 3.65. The normalized spacial score (nSPS) is 17.9. The number of halogens is 1. The van der Waals surface area contributed by atoms with Gasteiger partial charge in [-0.05, 0) is 34.5 Å². The lowest BCUT2D eigenvalue weighted by Gasteiger charge is -2.20. The minimum atomic E-state index is 0.803. The third-order valence-corrected chi connectivity index (χ3v) is 2.73. The van der Waals surface area contributed by atoms with Crippen molar-refractivity contribution < 1.29 is 4.74 Å². The van der Waals surface area contributed by atoms with Gasteiger partial charge in [-0.1, -0.05) is 0 Å². The van der Waals surface area contributed by atoms with Gasteiger partial charge in [0.25, 0.3) is 0 Å². The fourth-order valence-electron chi connectivity index (χ4n) is 1.53. The van der Waals surface area contributed by atoms with Crippen molar-refractivity contribution in [1.82, 2.24) is 4.98 Å². The molecule has 1 aliphatic heterocycles. The van der Waals surface area contributed by atoms with E-state index in [-0.39, 0.29) is 0 Å². The molecule has 0 bridgehead atoms. The van der Waals surface area contributed by atoms with Gasteiger partial charge in [0, 0.05) is 30.4 Å². The van der Waals surface area contributed by atoms with Gasteiger partial charge in [-0.3, -0.25) is 0 Å². The number of ether oxygens (including phenoxy) is 1. The Hall–Kier alpha value is -0.610. The first-order chi connectivity index (χ1) is 6.86. The molecule has 0 unspecified atom stereocenters. The van der Waals surface area contributed by atoms with Crippen LogP contribution < -0.4 is 4.90 Å². The van der Waals surface area contributed by atoms with E-state index in [0.717, 1.165) is 43.0 Å². The molecule has 1 aliphatic rings. The van der Waals surface area contributed by atoms with E-state index in [4.69, 9.17) is 4.74 Å². The van der Waals surface area contributed by atoms with Gasteiger partial charge in [0.05, 0.1) is 6.61 Å². The average Bonchev–Trinajstić information content (AvgIpc) is 2.47. The minimum absolute atomic E-state index is 0.803. The molecule has 0 spiro atoms. The Morgan fingerprint density at radius 2 is 2.21 bits per heavy atom. The van der Waals surface area contributed by atoms with Crippen LogP contribution in [0.25, 0.3) is 0 Å². The van der Waals surface area contributed by atoms with E-state index in [1.54, 1.807) is 0 Å². The van der Waals surface area contributed by atoms with Crippen LogP contribution in [0.4, 0.5) is 5.82 Å². The van der Waals surface area contributed by atoms with Crippen molar-refractivity contribution >= 4 is 21.7 Å². The predicted molar refractivity (Wildman–Crippen MR) is 59.6 cm³/mol. The molecule has 1 fully saturated rings. The number of hydrogen-bond acceptors (Lipinski definition) is 3. The third kappa shape index (κ3) is 2.45. The summed E-state index contributed by atoms with van der Waals surface area (Å²) in [5.41, 5.74) is 0. The maximum absolute atomic E-state index is 5.39. The van der Waals surface area contributed by atoms with E-state index in [0.29, 0.717) is 0 Å². The number of anilines is 1. The Kier molecular flexibility index (Phi) is 3.37. The van der Waals surface area contributed by atoms with Crippen molar-refractivity contribution in [3.8, 4) is 0 Å². The number of pyridine rings is 1. The van der Waals surface area contributed by atoms with E-state index >= 15 is 0 Å². The molecule has 0 amide bonds. The Morgan fingerprint density at radius 1 is 1.29 bits per heavy atom. The number of nitrogens with zero attached hydrogens (tertiary/aromatic N) is 2. The lowest BCUT2D eigenvalue weighted by atomic mass is 10.3. The lowest BCUT2D eigenvalue weighted by Crippen LogP contribution is -2.26. The van der Waals surface area contributed by atoms with Crippen LogP contribution in [0.2, 0.25) is 0 Å². The summed E-state index contributed by atoms with van der Waals surface area (Å²) in [7, 11) is 0. The second kappa shape index (κ2) is 4.75. The quantitative estimate of drug-likeness (QED) is 0.770. The summed E-state index contributed by atoms with van der Waals surface area (Å²) in [6, 6.07) is 4.06. The summed E-state index contributed by atoms with van der Waals surface area (Å²) >= 11 is 3.38. The van der Waals surface area contributed by atoms with Crippen molar-refractivity contribution in [3.05, 3.63) is 22.8 Å². The molecule has 0 aromatic carbocycles. The van der Waals surface area contributed by atoms with Crippen molar-refractivity contribution in [2.24, 2.45) is 0 Å². The van der Waals surface area contributed by atoms with Crippen LogP contribution in [-0.2, 0) is 4.74 Å². The molecule has 4 heteroatoms. The van der Waals surface area contributed by atoms with Gasteiger partial charge >= 0.3 is 0 Å². The van der Waals surface area contributed by atoms with Gasteiger partial charge in [-0.15, -0.1) is 0 Å². The summed E-state index contributed by atoms with van der Waals surface area (Å²) in [5, 5.41) is 0. The van der Waals surface area contributed by atoms with Gasteiger partial charge < -0.3 is 9.64 Å². The highest BCUT2D eigenvalue weighted by Gasteiger charge is 2.10. The maximum Gasteiger partial charge on any atom is 0.128 e. The summed E-state index contributed by atoms with van der Waals surface area (Å²) in [4.78, 5) is 6.63. The lowest BCUT2D eigenvalue weighted by molar-refractivity contribution is 0.152. The third-order valence-electron chi connectivity index (χ3n) is 2.26. The SMILES string of the molecule is Brc1ccc(N2CCCOCC2)nc1. The highest BCUT2D eigenvalue weighted by Crippen LogP contribution is 2.15. The molecule has 1 saturated heterocycles. The first kappa shape index (κ1) is 9.93. The molecule has 76 valence electrons. The fourth-order valence-corrected chi connectivity index (χ4v) is 1.76. The summed E-state index contributed by atoms with van der Waals surface area (Å²) in [6.07, 6.45) is 2.92. The van der Waals surface area contributed by atoms with Crippen LogP contribution in [0.15, 0.2) is 22.8 Å².